The van der Waals surface area contributed by atoms with Crippen molar-refractivity contribution in [3.05, 3.63) is 0 Å². The Morgan fingerprint density at radius 1 is 1.53 bits per heavy atom. The molecule has 0 aliphatic carbocycles. The molecule has 0 aromatic heterocycles. The number of piperidine rings is 1. The number of rotatable bonds is 2. The first-order valence-corrected chi connectivity index (χ1v) is 5.36. The molecule has 2 N–H and O–H groups in total. The van der Waals surface area contributed by atoms with Crippen LogP contribution in [-0.4, -0.2) is 52.0 Å². The molecule has 5 heteroatoms. The van der Waals surface area contributed by atoms with E-state index < -0.39 is 17.7 Å². The lowest BCUT2D eigenvalue weighted by Crippen LogP contribution is -2.54. The van der Waals surface area contributed by atoms with Crippen LogP contribution in [0.4, 0.5) is 4.39 Å². The highest BCUT2D eigenvalue weighted by molar-refractivity contribution is 5.73. The Hall–Kier alpha value is -0.680. The summed E-state index contributed by atoms with van der Waals surface area (Å²) in [6, 6.07) is 0.168. The van der Waals surface area contributed by atoms with Gasteiger partial charge in [0.15, 0.2) is 0 Å². The van der Waals surface area contributed by atoms with Gasteiger partial charge in [0.1, 0.15) is 5.60 Å². The highest BCUT2D eigenvalue weighted by Gasteiger charge is 2.48. The quantitative estimate of drug-likeness (QED) is 0.702. The lowest BCUT2D eigenvalue weighted by Gasteiger charge is -2.41. The molecule has 2 aliphatic rings. The smallest absolute Gasteiger partial charge is 0.341 e. The predicted octanol–water partition coefficient (Wildman–Crippen LogP) is 0.398. The molecule has 15 heavy (non-hydrogen) atoms. The first kappa shape index (κ1) is 10.8. The van der Waals surface area contributed by atoms with Crippen LogP contribution in [-0.2, 0) is 4.79 Å². The number of carbonyl (C=O) groups is 1. The summed E-state index contributed by atoms with van der Waals surface area (Å²) in [6.45, 7) is 1.60. The van der Waals surface area contributed by atoms with Crippen LogP contribution in [0.15, 0.2) is 0 Å². The number of aliphatic carboxylic acids is 1. The summed E-state index contributed by atoms with van der Waals surface area (Å²) in [5.74, 6) is -1.55. The molecule has 86 valence electrons. The second-order valence-electron chi connectivity index (χ2n) is 4.59. The van der Waals surface area contributed by atoms with E-state index in [9.17, 15) is 14.3 Å². The van der Waals surface area contributed by atoms with Gasteiger partial charge >= 0.3 is 5.97 Å². The molecule has 0 aromatic rings. The van der Waals surface area contributed by atoms with Gasteiger partial charge in [-0.05, 0) is 32.2 Å². The van der Waals surface area contributed by atoms with E-state index in [1.54, 1.807) is 0 Å². The molecule has 0 spiro atoms. The lowest BCUT2D eigenvalue weighted by atomic mass is 9.83. The van der Waals surface area contributed by atoms with Gasteiger partial charge < -0.3 is 15.1 Å². The molecule has 0 amide bonds. The van der Waals surface area contributed by atoms with Gasteiger partial charge in [0.2, 0.25) is 6.17 Å². The second-order valence-corrected chi connectivity index (χ2v) is 4.59. The van der Waals surface area contributed by atoms with E-state index in [1.165, 1.54) is 0 Å². The molecule has 0 radical (unpaired) electrons. The van der Waals surface area contributed by atoms with Gasteiger partial charge in [0.05, 0.1) is 0 Å². The third kappa shape index (κ3) is 1.86. The van der Waals surface area contributed by atoms with Crippen molar-refractivity contribution in [3.8, 4) is 0 Å². The Morgan fingerprint density at radius 3 is 2.93 bits per heavy atom. The van der Waals surface area contributed by atoms with Crippen LogP contribution >= 0.6 is 0 Å². The van der Waals surface area contributed by atoms with Crippen molar-refractivity contribution in [2.45, 2.75) is 43.5 Å². The van der Waals surface area contributed by atoms with Crippen LogP contribution < -0.4 is 0 Å². The monoisotopic (exact) mass is 217 g/mol. The van der Waals surface area contributed by atoms with Crippen LogP contribution in [0.25, 0.3) is 0 Å². The summed E-state index contributed by atoms with van der Waals surface area (Å²) in [5, 5.41) is 18.6. The number of carboxylic acids is 1. The van der Waals surface area contributed by atoms with Crippen molar-refractivity contribution in [2.75, 3.05) is 13.1 Å². The molecule has 2 rings (SSSR count). The van der Waals surface area contributed by atoms with E-state index >= 15 is 0 Å². The van der Waals surface area contributed by atoms with Crippen molar-refractivity contribution in [3.63, 3.8) is 0 Å². The Morgan fingerprint density at radius 2 is 2.27 bits per heavy atom. The number of fused-ring (bicyclic) bond motifs is 1. The minimum absolute atomic E-state index is 0.168. The van der Waals surface area contributed by atoms with Gasteiger partial charge in [-0.1, -0.05) is 0 Å². The normalized spacial score (nSPS) is 38.7. The van der Waals surface area contributed by atoms with Crippen LogP contribution in [0.2, 0.25) is 0 Å². The molecule has 0 aromatic carbocycles. The highest BCUT2D eigenvalue weighted by Crippen LogP contribution is 2.36. The average Bonchev–Trinajstić information content (AvgIpc) is 2.63. The fourth-order valence-corrected chi connectivity index (χ4v) is 2.73. The molecule has 0 bridgehead atoms. The van der Waals surface area contributed by atoms with Gasteiger partial charge in [-0.2, -0.15) is 0 Å². The maximum atomic E-state index is 13.4. The molecular formula is C10H16FNO3. The summed E-state index contributed by atoms with van der Waals surface area (Å²) < 4.78 is 13.4. The number of hydrogen-bond acceptors (Lipinski definition) is 3. The van der Waals surface area contributed by atoms with Crippen molar-refractivity contribution in [1.82, 2.24) is 4.90 Å². The number of halogens is 1. The molecule has 3 atom stereocenters. The zero-order chi connectivity index (χ0) is 11.1. The summed E-state index contributed by atoms with van der Waals surface area (Å²) >= 11 is 0. The van der Waals surface area contributed by atoms with Crippen molar-refractivity contribution < 1.29 is 19.4 Å². The molecular weight excluding hydrogens is 201 g/mol. The lowest BCUT2D eigenvalue weighted by molar-refractivity contribution is -0.160. The third-order valence-corrected chi connectivity index (χ3v) is 3.61. The largest absolute Gasteiger partial charge is 0.479 e. The third-order valence-electron chi connectivity index (χ3n) is 3.61. The van der Waals surface area contributed by atoms with Crippen molar-refractivity contribution >= 4 is 5.97 Å². The van der Waals surface area contributed by atoms with E-state index in [-0.39, 0.29) is 18.9 Å². The van der Waals surface area contributed by atoms with Gasteiger partial charge in [0.25, 0.3) is 0 Å². The van der Waals surface area contributed by atoms with E-state index in [1.807, 2.05) is 0 Å². The van der Waals surface area contributed by atoms with Gasteiger partial charge in [0, 0.05) is 12.6 Å². The average molecular weight is 217 g/mol. The molecule has 2 aliphatic heterocycles. The van der Waals surface area contributed by atoms with Gasteiger partial charge in [-0.3, -0.25) is 0 Å². The van der Waals surface area contributed by atoms with E-state index in [0.29, 0.717) is 6.54 Å². The molecule has 4 nitrogen and oxygen atoms in total. The number of aliphatic hydroxyl groups is 1. The highest BCUT2D eigenvalue weighted by atomic mass is 19.1. The Balaban J connectivity index is 2.07. The summed E-state index contributed by atoms with van der Waals surface area (Å²) in [7, 11) is 0. The predicted molar refractivity (Wildman–Crippen MR) is 51.3 cm³/mol. The molecule has 3 unspecified atom stereocenters. The van der Waals surface area contributed by atoms with Crippen molar-refractivity contribution in [2.24, 2.45) is 0 Å². The summed E-state index contributed by atoms with van der Waals surface area (Å²) in [4.78, 5) is 12.8. The minimum atomic E-state index is -2.15. The van der Waals surface area contributed by atoms with Crippen LogP contribution in [0.1, 0.15) is 25.7 Å². The molecule has 2 saturated heterocycles. The summed E-state index contributed by atoms with van der Waals surface area (Å²) in [5.41, 5.74) is -1.66. The first-order chi connectivity index (χ1) is 7.03. The minimum Gasteiger partial charge on any atom is -0.479 e. The van der Waals surface area contributed by atoms with Crippen molar-refractivity contribution in [1.29, 1.82) is 0 Å². The first-order valence-electron chi connectivity index (χ1n) is 5.36. The SMILES string of the molecule is O=C(O)C(F)C1(O)CCN2CCCC2C1. The molecule has 2 heterocycles. The van der Waals surface area contributed by atoms with Gasteiger partial charge in [-0.15, -0.1) is 0 Å². The number of hydrogen-bond donors (Lipinski definition) is 2. The standard InChI is InChI=1S/C10H16FNO3/c11-8(9(13)14)10(15)3-5-12-4-1-2-7(12)6-10/h7-8,15H,1-6H2,(H,13,14). The maximum absolute atomic E-state index is 13.4. The molecule has 0 saturated carbocycles. The van der Waals surface area contributed by atoms with Gasteiger partial charge in [-0.25, -0.2) is 9.18 Å². The summed E-state index contributed by atoms with van der Waals surface area (Å²) in [6.07, 6.45) is 0.317. The number of alkyl halides is 1. The fourth-order valence-electron chi connectivity index (χ4n) is 2.73. The molecule has 2 fully saturated rings. The Labute approximate surface area is 87.7 Å². The second kappa shape index (κ2) is 3.72. The zero-order valence-electron chi connectivity index (χ0n) is 8.53. The fraction of sp³-hybridized carbons (Fsp3) is 0.900. The Kier molecular flexibility index (Phi) is 2.68. The van der Waals surface area contributed by atoms with E-state index in [0.717, 1.165) is 19.4 Å². The van der Waals surface area contributed by atoms with E-state index in [2.05, 4.69) is 4.90 Å². The van der Waals surface area contributed by atoms with E-state index in [4.69, 9.17) is 5.11 Å². The zero-order valence-corrected chi connectivity index (χ0v) is 8.53. The van der Waals surface area contributed by atoms with Crippen LogP contribution in [0.3, 0.4) is 0 Å². The number of carboxylic acid groups (broad SMARTS) is 1. The number of nitrogens with zero attached hydrogens (tertiary/aromatic N) is 1. The topological polar surface area (TPSA) is 60.8 Å². The van der Waals surface area contributed by atoms with Crippen LogP contribution in [0, 0.1) is 0 Å². The maximum Gasteiger partial charge on any atom is 0.341 e. The van der Waals surface area contributed by atoms with Crippen LogP contribution in [0.5, 0.6) is 0 Å². The Bertz CT molecular complexity index is 273.